The summed E-state index contributed by atoms with van der Waals surface area (Å²) >= 11 is 13.1. The molecule has 0 bridgehead atoms. The average Bonchev–Trinajstić information content (AvgIpc) is 3.09. The van der Waals surface area contributed by atoms with Crippen LogP contribution in [0.15, 0.2) is 48.0 Å². The minimum Gasteiger partial charge on any atom is -0.494 e. The van der Waals surface area contributed by atoms with Gasteiger partial charge < -0.3 is 4.74 Å². The van der Waals surface area contributed by atoms with Crippen molar-refractivity contribution in [2.24, 2.45) is 0 Å². The highest BCUT2D eigenvalue weighted by Crippen LogP contribution is 2.46. The topological polar surface area (TPSA) is 15.7 Å². The Labute approximate surface area is 210 Å². The molecule has 2 aromatic carbocycles. The van der Waals surface area contributed by atoms with Crippen molar-refractivity contribution in [2.75, 3.05) is 16.9 Å². The lowest BCUT2D eigenvalue weighted by Gasteiger charge is -2.31. The van der Waals surface area contributed by atoms with Gasteiger partial charge in [0.25, 0.3) is 0 Å². The summed E-state index contributed by atoms with van der Waals surface area (Å²) in [7, 11) is 1.64. The zero-order chi connectivity index (χ0) is 24.9. The van der Waals surface area contributed by atoms with Crippen LogP contribution in [-0.4, -0.2) is 7.11 Å². The normalized spacial score (nSPS) is 13.3. The van der Waals surface area contributed by atoms with E-state index in [9.17, 15) is 0 Å². The SMILES string of the molecule is C=C1N(c2c(C(CC)CC)ccc(CC)c2C)C=C(Cl)N1c1c(C)cc(Cl)cc1OC.CC. The van der Waals surface area contributed by atoms with Gasteiger partial charge in [-0.25, -0.2) is 0 Å². The van der Waals surface area contributed by atoms with Crippen molar-refractivity contribution in [1.29, 1.82) is 0 Å². The zero-order valence-corrected chi connectivity index (χ0v) is 22.9. The van der Waals surface area contributed by atoms with Crippen molar-refractivity contribution in [3.63, 3.8) is 0 Å². The zero-order valence-electron chi connectivity index (χ0n) is 21.4. The van der Waals surface area contributed by atoms with E-state index < -0.39 is 0 Å². The van der Waals surface area contributed by atoms with Crippen LogP contribution < -0.4 is 14.5 Å². The van der Waals surface area contributed by atoms with Crippen LogP contribution in [0, 0.1) is 13.8 Å². The van der Waals surface area contributed by atoms with E-state index >= 15 is 0 Å². The monoisotopic (exact) mass is 488 g/mol. The number of rotatable bonds is 7. The van der Waals surface area contributed by atoms with E-state index in [0.717, 1.165) is 36.3 Å². The van der Waals surface area contributed by atoms with E-state index in [-0.39, 0.29) is 0 Å². The molecule has 5 heteroatoms. The number of halogens is 2. The molecule has 33 heavy (non-hydrogen) atoms. The lowest BCUT2D eigenvalue weighted by Crippen LogP contribution is -2.25. The van der Waals surface area contributed by atoms with Crippen LogP contribution in [0.1, 0.15) is 75.6 Å². The quantitative estimate of drug-likeness (QED) is 0.361. The number of ether oxygens (including phenoxy) is 1. The smallest absolute Gasteiger partial charge is 0.144 e. The number of benzene rings is 2. The third kappa shape index (κ3) is 5.20. The fourth-order valence-corrected chi connectivity index (χ4v) is 5.11. The number of hydrogen-bond donors (Lipinski definition) is 0. The minimum absolute atomic E-state index is 0.473. The highest BCUT2D eigenvalue weighted by molar-refractivity contribution is 6.33. The number of aryl methyl sites for hydroxylation is 2. The molecule has 0 radical (unpaired) electrons. The second-order valence-corrected chi connectivity index (χ2v) is 8.83. The Morgan fingerprint density at radius 1 is 1.00 bits per heavy atom. The number of methoxy groups -OCH3 is 1. The molecule has 2 aromatic rings. The molecule has 3 nitrogen and oxygen atoms in total. The summed E-state index contributed by atoms with van der Waals surface area (Å²) in [5.41, 5.74) is 6.95. The summed E-state index contributed by atoms with van der Waals surface area (Å²) in [5, 5.41) is 1.20. The Morgan fingerprint density at radius 3 is 2.18 bits per heavy atom. The van der Waals surface area contributed by atoms with Crippen molar-refractivity contribution in [3.8, 4) is 5.75 Å². The molecule has 0 spiro atoms. The highest BCUT2D eigenvalue weighted by Gasteiger charge is 2.33. The van der Waals surface area contributed by atoms with Crippen LogP contribution in [-0.2, 0) is 6.42 Å². The Morgan fingerprint density at radius 2 is 1.64 bits per heavy atom. The van der Waals surface area contributed by atoms with E-state index in [1.165, 1.54) is 22.4 Å². The predicted molar refractivity (Wildman–Crippen MR) is 146 cm³/mol. The Bertz CT molecular complexity index is 1030. The molecule has 0 fully saturated rings. The van der Waals surface area contributed by atoms with Gasteiger partial charge in [0.1, 0.15) is 16.7 Å². The number of anilines is 2. The fraction of sp³-hybridized carbons (Fsp3) is 0.429. The summed E-state index contributed by atoms with van der Waals surface area (Å²) in [4.78, 5) is 4.08. The first-order chi connectivity index (χ1) is 15.8. The van der Waals surface area contributed by atoms with E-state index in [0.29, 0.717) is 21.8 Å². The Balaban J connectivity index is 0.00000187. The molecule has 0 saturated carbocycles. The molecule has 180 valence electrons. The van der Waals surface area contributed by atoms with Crippen LogP contribution in [0.5, 0.6) is 5.75 Å². The first-order valence-corrected chi connectivity index (χ1v) is 12.7. The van der Waals surface area contributed by atoms with Crippen molar-refractivity contribution in [3.05, 3.63) is 75.3 Å². The van der Waals surface area contributed by atoms with Crippen LogP contribution in [0.2, 0.25) is 5.02 Å². The summed E-state index contributed by atoms with van der Waals surface area (Å²) in [5.74, 6) is 1.91. The van der Waals surface area contributed by atoms with Crippen LogP contribution in [0.3, 0.4) is 0 Å². The second kappa shape index (κ2) is 11.9. The lowest BCUT2D eigenvalue weighted by atomic mass is 9.88. The van der Waals surface area contributed by atoms with Crippen LogP contribution >= 0.6 is 23.2 Å². The molecule has 1 aliphatic rings. The maximum absolute atomic E-state index is 6.81. The van der Waals surface area contributed by atoms with Gasteiger partial charge in [0, 0.05) is 17.3 Å². The summed E-state index contributed by atoms with van der Waals surface area (Å²) in [6.45, 7) is 19.3. The summed E-state index contributed by atoms with van der Waals surface area (Å²) in [6.07, 6.45) is 5.11. The molecule has 3 rings (SSSR count). The maximum Gasteiger partial charge on any atom is 0.144 e. The Hall–Kier alpha value is -2.10. The van der Waals surface area contributed by atoms with Crippen molar-refractivity contribution in [2.45, 2.75) is 73.6 Å². The van der Waals surface area contributed by atoms with E-state index in [1.807, 2.05) is 44.0 Å². The van der Waals surface area contributed by atoms with Gasteiger partial charge in [-0.15, -0.1) is 0 Å². The fourth-order valence-electron chi connectivity index (χ4n) is 4.57. The third-order valence-corrected chi connectivity index (χ3v) is 6.77. The van der Waals surface area contributed by atoms with Gasteiger partial charge in [-0.05, 0) is 67.3 Å². The molecule has 0 aromatic heterocycles. The largest absolute Gasteiger partial charge is 0.494 e. The molecule has 0 saturated heterocycles. The first kappa shape index (κ1) is 27.1. The molecule has 0 unspecified atom stereocenters. The minimum atomic E-state index is 0.473. The van der Waals surface area contributed by atoms with Gasteiger partial charge >= 0.3 is 0 Å². The molecule has 0 amide bonds. The maximum atomic E-state index is 6.81. The lowest BCUT2D eigenvalue weighted by molar-refractivity contribution is 0.415. The molecule has 0 N–H and O–H groups in total. The summed E-state index contributed by atoms with van der Waals surface area (Å²) in [6, 6.07) is 8.27. The van der Waals surface area contributed by atoms with Crippen molar-refractivity contribution >= 4 is 34.6 Å². The van der Waals surface area contributed by atoms with Gasteiger partial charge in [-0.1, -0.05) is 76.5 Å². The van der Waals surface area contributed by atoms with Crippen LogP contribution in [0.4, 0.5) is 11.4 Å². The second-order valence-electron chi connectivity index (χ2n) is 8.00. The summed E-state index contributed by atoms with van der Waals surface area (Å²) < 4.78 is 5.64. The van der Waals surface area contributed by atoms with Crippen molar-refractivity contribution in [1.82, 2.24) is 0 Å². The molecular weight excluding hydrogens is 451 g/mol. The highest BCUT2D eigenvalue weighted by atomic mass is 35.5. The van der Waals surface area contributed by atoms with Gasteiger partial charge in [-0.3, -0.25) is 9.80 Å². The van der Waals surface area contributed by atoms with Gasteiger partial charge in [0.05, 0.1) is 18.5 Å². The molecule has 0 aliphatic carbocycles. The van der Waals surface area contributed by atoms with E-state index in [1.54, 1.807) is 7.11 Å². The Kier molecular flexibility index (Phi) is 9.75. The standard InChI is InChI=1S/C26H32Cl2N2O.C2H6/c1-8-19(9-2)22-12-11-20(10-3)17(5)26(22)29-15-24(28)30(18(29)6)25-16(4)13-21(27)14-23(25)31-7;1-2/h11-15,19H,6,8-10H2,1-5,7H3;1-2H3. The van der Waals surface area contributed by atoms with Gasteiger partial charge in [-0.2, -0.15) is 0 Å². The van der Waals surface area contributed by atoms with Crippen molar-refractivity contribution < 1.29 is 4.74 Å². The predicted octanol–water partition coefficient (Wildman–Crippen LogP) is 9.29. The van der Waals surface area contributed by atoms with Gasteiger partial charge in [0.15, 0.2) is 0 Å². The third-order valence-electron chi connectivity index (χ3n) is 6.28. The molecule has 0 atom stereocenters. The van der Waals surface area contributed by atoms with E-state index in [4.69, 9.17) is 27.9 Å². The molecule has 1 aliphatic heterocycles. The molecular formula is C28H38Cl2N2O. The number of hydrogen-bond acceptors (Lipinski definition) is 3. The molecule has 1 heterocycles. The average molecular weight is 490 g/mol. The van der Waals surface area contributed by atoms with E-state index in [2.05, 4.69) is 51.3 Å². The van der Waals surface area contributed by atoms with Gasteiger partial charge in [0.2, 0.25) is 0 Å². The number of nitrogens with zero attached hydrogens (tertiary/aromatic N) is 2. The first-order valence-electron chi connectivity index (χ1n) is 11.9. The van der Waals surface area contributed by atoms with Crippen LogP contribution in [0.25, 0.3) is 0 Å².